The van der Waals surface area contributed by atoms with Gasteiger partial charge in [0, 0.05) is 5.56 Å². The molecular weight excluding hydrogens is 257 g/mol. The Morgan fingerprint density at radius 3 is 3.06 bits per heavy atom. The first-order valence-corrected chi connectivity index (χ1v) is 6.14. The van der Waals surface area contributed by atoms with E-state index in [-0.39, 0.29) is 11.1 Å². The summed E-state index contributed by atoms with van der Waals surface area (Å²) in [5, 5.41) is 7.22. The fraction of sp³-hybridized carbons (Fsp3) is 0.333. The zero-order valence-corrected chi connectivity index (χ0v) is 10.2. The molecule has 1 atom stereocenters. The minimum absolute atomic E-state index is 0.0536. The summed E-state index contributed by atoms with van der Waals surface area (Å²) in [5.41, 5.74) is 0.648. The largest absolute Gasteiger partial charge is 0.337 e. The van der Waals surface area contributed by atoms with Crippen molar-refractivity contribution in [1.82, 2.24) is 15.5 Å². The molecule has 4 nitrogen and oxygen atoms in total. The molecule has 1 aliphatic heterocycles. The topological polar surface area (TPSA) is 51.0 Å². The molecule has 0 amide bonds. The van der Waals surface area contributed by atoms with Crippen LogP contribution < -0.4 is 5.32 Å². The van der Waals surface area contributed by atoms with Gasteiger partial charge >= 0.3 is 0 Å². The highest BCUT2D eigenvalue weighted by molar-refractivity contribution is 6.31. The second-order valence-corrected chi connectivity index (χ2v) is 4.64. The van der Waals surface area contributed by atoms with Gasteiger partial charge in [-0.2, -0.15) is 4.98 Å². The lowest BCUT2D eigenvalue weighted by atomic mass is 10.2. The molecule has 2 aromatic rings. The molecular formula is C12H11ClFN3O. The Balaban J connectivity index is 1.89. The molecule has 0 aliphatic carbocycles. The minimum Gasteiger partial charge on any atom is -0.337 e. The van der Waals surface area contributed by atoms with Crippen LogP contribution in [0.25, 0.3) is 11.4 Å². The van der Waals surface area contributed by atoms with Crippen molar-refractivity contribution >= 4 is 11.6 Å². The molecule has 0 bridgehead atoms. The van der Waals surface area contributed by atoms with E-state index in [0.29, 0.717) is 17.3 Å². The standard InChI is InChI=1S/C12H11ClFN3O/c13-8-6-7(3-4-9(8)14)11-16-12(18-17-11)10-2-1-5-15-10/h3-4,6,10,15H,1-2,5H2/t10-/m1/s1. The number of rotatable bonds is 2. The third-order valence-corrected chi connectivity index (χ3v) is 3.27. The van der Waals surface area contributed by atoms with Crippen molar-refractivity contribution in [2.45, 2.75) is 18.9 Å². The Kier molecular flexibility index (Phi) is 3.01. The molecule has 0 saturated carbocycles. The summed E-state index contributed by atoms with van der Waals surface area (Å²) in [5.74, 6) is 0.546. The molecule has 94 valence electrons. The summed E-state index contributed by atoms with van der Waals surface area (Å²) in [4.78, 5) is 4.31. The van der Waals surface area contributed by atoms with Crippen LogP contribution in [-0.2, 0) is 0 Å². The van der Waals surface area contributed by atoms with Crippen molar-refractivity contribution in [2.24, 2.45) is 0 Å². The second kappa shape index (κ2) is 4.66. The zero-order chi connectivity index (χ0) is 12.5. The van der Waals surface area contributed by atoms with E-state index in [9.17, 15) is 4.39 Å². The smallest absolute Gasteiger partial charge is 0.244 e. The van der Waals surface area contributed by atoms with Crippen LogP contribution in [-0.4, -0.2) is 16.7 Å². The molecule has 6 heteroatoms. The average Bonchev–Trinajstić information content (AvgIpc) is 3.01. The van der Waals surface area contributed by atoms with Crippen LogP contribution in [0.4, 0.5) is 4.39 Å². The van der Waals surface area contributed by atoms with E-state index in [4.69, 9.17) is 16.1 Å². The van der Waals surface area contributed by atoms with Gasteiger partial charge in [0.25, 0.3) is 0 Å². The van der Waals surface area contributed by atoms with E-state index >= 15 is 0 Å². The van der Waals surface area contributed by atoms with Crippen molar-refractivity contribution in [3.63, 3.8) is 0 Å². The summed E-state index contributed by atoms with van der Waals surface area (Å²) in [6.07, 6.45) is 2.09. The number of halogens is 2. The highest BCUT2D eigenvalue weighted by Gasteiger charge is 2.22. The van der Waals surface area contributed by atoms with Crippen LogP contribution in [0.1, 0.15) is 24.8 Å². The summed E-state index contributed by atoms with van der Waals surface area (Å²) >= 11 is 5.72. The summed E-state index contributed by atoms with van der Waals surface area (Å²) in [6.45, 7) is 0.963. The number of benzene rings is 1. The number of nitrogens with zero attached hydrogens (tertiary/aromatic N) is 2. The van der Waals surface area contributed by atoms with Crippen LogP contribution in [0.2, 0.25) is 5.02 Å². The van der Waals surface area contributed by atoms with Gasteiger partial charge in [-0.3, -0.25) is 0 Å². The molecule has 18 heavy (non-hydrogen) atoms. The van der Waals surface area contributed by atoms with Crippen molar-refractivity contribution in [1.29, 1.82) is 0 Å². The Bertz CT molecular complexity index is 566. The monoisotopic (exact) mass is 267 g/mol. The molecule has 1 aromatic carbocycles. The predicted molar refractivity (Wildman–Crippen MR) is 64.7 cm³/mol. The molecule has 0 radical (unpaired) electrons. The molecule has 2 heterocycles. The van der Waals surface area contributed by atoms with E-state index < -0.39 is 5.82 Å². The number of aromatic nitrogens is 2. The fourth-order valence-corrected chi connectivity index (χ4v) is 2.21. The Morgan fingerprint density at radius 1 is 1.44 bits per heavy atom. The third kappa shape index (κ3) is 2.11. The minimum atomic E-state index is -0.457. The van der Waals surface area contributed by atoms with Gasteiger partial charge < -0.3 is 9.84 Å². The molecule has 1 N–H and O–H groups in total. The SMILES string of the molecule is Fc1ccc(-c2noc([C@H]3CCCN3)n2)cc1Cl. The maximum absolute atomic E-state index is 13.1. The van der Waals surface area contributed by atoms with Gasteiger partial charge in [-0.05, 0) is 37.6 Å². The lowest BCUT2D eigenvalue weighted by molar-refractivity contribution is 0.345. The van der Waals surface area contributed by atoms with Gasteiger partial charge in [0.2, 0.25) is 11.7 Å². The maximum atomic E-state index is 13.1. The summed E-state index contributed by atoms with van der Waals surface area (Å²) in [7, 11) is 0. The predicted octanol–water partition coefficient (Wildman–Crippen LogP) is 2.95. The first-order chi connectivity index (χ1) is 8.74. The van der Waals surface area contributed by atoms with Crippen LogP contribution in [0.5, 0.6) is 0 Å². The summed E-state index contributed by atoms with van der Waals surface area (Å²) < 4.78 is 18.3. The highest BCUT2D eigenvalue weighted by atomic mass is 35.5. The van der Waals surface area contributed by atoms with Gasteiger partial charge in [-0.1, -0.05) is 16.8 Å². The first kappa shape index (κ1) is 11.6. The Hall–Kier alpha value is -1.46. The van der Waals surface area contributed by atoms with E-state index in [1.807, 2.05) is 0 Å². The van der Waals surface area contributed by atoms with Gasteiger partial charge in [0.05, 0.1) is 11.1 Å². The third-order valence-electron chi connectivity index (χ3n) is 2.98. The Morgan fingerprint density at radius 2 is 2.33 bits per heavy atom. The summed E-state index contributed by atoms with van der Waals surface area (Å²) in [6, 6.07) is 4.50. The lowest BCUT2D eigenvalue weighted by Crippen LogP contribution is -2.12. The lowest BCUT2D eigenvalue weighted by Gasteiger charge is -2.01. The van der Waals surface area contributed by atoms with Crippen LogP contribution in [0.3, 0.4) is 0 Å². The van der Waals surface area contributed by atoms with Gasteiger partial charge in [-0.25, -0.2) is 4.39 Å². The van der Waals surface area contributed by atoms with Crippen LogP contribution in [0.15, 0.2) is 22.7 Å². The van der Waals surface area contributed by atoms with Crippen molar-refractivity contribution in [2.75, 3.05) is 6.54 Å². The van der Waals surface area contributed by atoms with E-state index in [1.165, 1.54) is 12.1 Å². The van der Waals surface area contributed by atoms with E-state index in [2.05, 4.69) is 15.5 Å². The second-order valence-electron chi connectivity index (χ2n) is 4.23. The average molecular weight is 268 g/mol. The highest BCUT2D eigenvalue weighted by Crippen LogP contribution is 2.26. The molecule has 1 fully saturated rings. The van der Waals surface area contributed by atoms with E-state index in [1.54, 1.807) is 6.07 Å². The number of hydrogen-bond donors (Lipinski definition) is 1. The molecule has 1 aliphatic rings. The van der Waals surface area contributed by atoms with Gasteiger partial charge in [0.15, 0.2) is 0 Å². The maximum Gasteiger partial charge on any atom is 0.244 e. The van der Waals surface area contributed by atoms with Crippen molar-refractivity contribution < 1.29 is 8.91 Å². The number of nitrogens with one attached hydrogen (secondary N) is 1. The Labute approximate surface area is 108 Å². The van der Waals surface area contributed by atoms with Crippen LogP contribution in [0, 0.1) is 5.82 Å². The molecule has 0 unspecified atom stereocenters. The van der Waals surface area contributed by atoms with Gasteiger partial charge in [0.1, 0.15) is 5.82 Å². The molecule has 1 aromatic heterocycles. The molecule has 1 saturated heterocycles. The number of hydrogen-bond acceptors (Lipinski definition) is 4. The fourth-order valence-electron chi connectivity index (χ4n) is 2.02. The quantitative estimate of drug-likeness (QED) is 0.909. The van der Waals surface area contributed by atoms with Crippen LogP contribution >= 0.6 is 11.6 Å². The molecule has 0 spiro atoms. The van der Waals surface area contributed by atoms with Crippen molar-refractivity contribution in [3.05, 3.63) is 34.9 Å². The van der Waals surface area contributed by atoms with Gasteiger partial charge in [-0.15, -0.1) is 0 Å². The normalized spacial score (nSPS) is 19.3. The molecule has 3 rings (SSSR count). The van der Waals surface area contributed by atoms with Crippen molar-refractivity contribution in [3.8, 4) is 11.4 Å². The zero-order valence-electron chi connectivity index (χ0n) is 9.49. The first-order valence-electron chi connectivity index (χ1n) is 5.76. The van der Waals surface area contributed by atoms with E-state index in [0.717, 1.165) is 19.4 Å².